The highest BCUT2D eigenvalue weighted by atomic mass is 19.4. The fraction of sp³-hybridized carbons (Fsp3) is 0.500. The van der Waals surface area contributed by atoms with Crippen LogP contribution in [-0.2, 0) is 42.9 Å². The van der Waals surface area contributed by atoms with Crippen LogP contribution < -0.4 is 4.90 Å². The van der Waals surface area contributed by atoms with Crippen molar-refractivity contribution in [1.82, 2.24) is 19.7 Å². The van der Waals surface area contributed by atoms with Gasteiger partial charge in [0.25, 0.3) is 5.91 Å². The Morgan fingerprint density at radius 1 is 0.957 bits per heavy atom. The van der Waals surface area contributed by atoms with E-state index in [0.29, 0.717) is 37.2 Å². The van der Waals surface area contributed by atoms with Crippen molar-refractivity contribution >= 4 is 11.6 Å². The summed E-state index contributed by atoms with van der Waals surface area (Å²) in [5, 5.41) is 8.03. The highest BCUT2D eigenvalue weighted by molar-refractivity contribution is 6.10. The molecule has 2 aromatic carbocycles. The molecule has 3 aromatic rings. The molecule has 0 N–H and O–H groups in total. The lowest BCUT2D eigenvalue weighted by Gasteiger charge is -2.42. The van der Waals surface area contributed by atoms with Gasteiger partial charge in [0, 0.05) is 49.8 Å². The number of ether oxygens (including phenoxy) is 1. The third kappa shape index (κ3) is 6.08. The molecule has 0 radical (unpaired) electrons. The molecule has 2 saturated heterocycles. The fourth-order valence-corrected chi connectivity index (χ4v) is 6.57. The SMILES string of the molecule is Cn1cnnc1CC1(c2cccc(N3Cc4c(cc(CN5C[C@@H](C(F)(F)F)C[C@H](C(F)(F)F)C5)cc4C(F)(F)F)C3=O)c2)COC1. The van der Waals surface area contributed by atoms with Gasteiger partial charge in [-0.1, -0.05) is 12.1 Å². The molecule has 3 aliphatic rings. The third-order valence-electron chi connectivity index (χ3n) is 9.09. The Bertz CT molecular complexity index is 1610. The molecule has 4 heterocycles. The van der Waals surface area contributed by atoms with Crippen LogP contribution in [0.25, 0.3) is 0 Å². The van der Waals surface area contributed by atoms with Crippen LogP contribution in [0.4, 0.5) is 45.2 Å². The van der Waals surface area contributed by atoms with Gasteiger partial charge >= 0.3 is 18.5 Å². The minimum absolute atomic E-state index is 0.201. The maximum atomic E-state index is 14.3. The van der Waals surface area contributed by atoms with Crippen LogP contribution in [-0.4, -0.2) is 64.2 Å². The van der Waals surface area contributed by atoms with Crippen LogP contribution in [0.2, 0.25) is 0 Å². The highest BCUT2D eigenvalue weighted by Gasteiger charge is 2.52. The fourth-order valence-electron chi connectivity index (χ4n) is 6.57. The van der Waals surface area contributed by atoms with Gasteiger partial charge in [-0.2, -0.15) is 39.5 Å². The lowest BCUT2D eigenvalue weighted by molar-refractivity contribution is -0.231. The normalized spacial score (nSPS) is 22.2. The van der Waals surface area contributed by atoms with Gasteiger partial charge in [0.15, 0.2) is 0 Å². The minimum Gasteiger partial charge on any atom is -0.379 e. The minimum atomic E-state index is -4.94. The Morgan fingerprint density at radius 3 is 2.17 bits per heavy atom. The lowest BCUT2D eigenvalue weighted by Crippen LogP contribution is -2.49. The van der Waals surface area contributed by atoms with E-state index in [1.165, 1.54) is 4.90 Å². The number of halogens is 9. The summed E-state index contributed by atoms with van der Waals surface area (Å²) in [7, 11) is 1.79. The van der Waals surface area contributed by atoms with Crippen LogP contribution in [0.5, 0.6) is 0 Å². The smallest absolute Gasteiger partial charge is 0.379 e. The molecule has 248 valence electrons. The zero-order chi connectivity index (χ0) is 33.2. The van der Waals surface area contributed by atoms with Gasteiger partial charge < -0.3 is 14.2 Å². The first kappa shape index (κ1) is 32.3. The number of benzene rings is 2. The lowest BCUT2D eigenvalue weighted by atomic mass is 9.75. The Hall–Kier alpha value is -3.66. The molecule has 0 saturated carbocycles. The Kier molecular flexibility index (Phi) is 7.89. The second-order valence-electron chi connectivity index (χ2n) is 12.3. The number of piperidine rings is 1. The number of anilines is 1. The van der Waals surface area contributed by atoms with Gasteiger partial charge in [-0.05, 0) is 47.4 Å². The quantitative estimate of drug-likeness (QED) is 0.301. The molecule has 16 heteroatoms. The molecule has 0 aliphatic carbocycles. The Labute approximate surface area is 256 Å². The van der Waals surface area contributed by atoms with E-state index in [0.717, 1.165) is 16.5 Å². The summed E-state index contributed by atoms with van der Waals surface area (Å²) < 4.78 is 131. The van der Waals surface area contributed by atoms with Gasteiger partial charge in [0.1, 0.15) is 12.2 Å². The zero-order valence-electron chi connectivity index (χ0n) is 24.3. The van der Waals surface area contributed by atoms with E-state index < -0.39 is 79.9 Å². The first-order valence-electron chi connectivity index (χ1n) is 14.4. The second kappa shape index (κ2) is 11.2. The molecule has 1 amide bonds. The maximum Gasteiger partial charge on any atom is 0.416 e. The molecule has 0 unspecified atom stereocenters. The van der Waals surface area contributed by atoms with Crippen molar-refractivity contribution in [2.75, 3.05) is 31.2 Å². The van der Waals surface area contributed by atoms with Crippen LogP contribution in [0.3, 0.4) is 0 Å². The van der Waals surface area contributed by atoms with Gasteiger partial charge in [-0.3, -0.25) is 9.69 Å². The van der Waals surface area contributed by atoms with Gasteiger partial charge in [-0.15, -0.1) is 10.2 Å². The molecule has 2 atom stereocenters. The number of rotatable bonds is 6. The summed E-state index contributed by atoms with van der Waals surface area (Å²) in [6, 6.07) is 8.66. The number of hydrogen-bond donors (Lipinski definition) is 0. The average molecular weight is 662 g/mol. The molecular formula is C30H28F9N5O2. The largest absolute Gasteiger partial charge is 0.416 e. The number of amides is 1. The molecule has 2 fully saturated rings. The molecule has 1 aromatic heterocycles. The van der Waals surface area contributed by atoms with Crippen molar-refractivity contribution in [1.29, 1.82) is 0 Å². The first-order chi connectivity index (χ1) is 21.4. The summed E-state index contributed by atoms with van der Waals surface area (Å²) in [5.41, 5.74) is -1.37. The molecule has 0 spiro atoms. The summed E-state index contributed by atoms with van der Waals surface area (Å²) in [4.78, 5) is 15.7. The van der Waals surface area contributed by atoms with Crippen molar-refractivity contribution in [3.05, 3.63) is 76.4 Å². The predicted octanol–water partition coefficient (Wildman–Crippen LogP) is 6.07. The van der Waals surface area contributed by atoms with Crippen molar-refractivity contribution in [3.63, 3.8) is 0 Å². The molecule has 46 heavy (non-hydrogen) atoms. The number of aromatic nitrogens is 3. The standard InChI is InChI=1S/C30H28F9N5O2/c1-42-16-40-41-25(42)9-27(14-46-15-27)18-3-2-4-21(8-18)44-13-23-22(26(44)45)5-17(6-24(23)30(37,38)39)10-43-11-19(28(31,32)33)7-20(12-43)29(34,35)36/h2-6,8,16,19-20H,7,9-15H2,1H3/t19-,20-/m0/s1. The Balaban J connectivity index is 1.30. The van der Waals surface area contributed by atoms with E-state index in [9.17, 15) is 44.3 Å². The van der Waals surface area contributed by atoms with E-state index in [1.807, 2.05) is 6.07 Å². The molecule has 7 nitrogen and oxygen atoms in total. The van der Waals surface area contributed by atoms with Crippen LogP contribution >= 0.6 is 0 Å². The number of alkyl halides is 9. The summed E-state index contributed by atoms with van der Waals surface area (Å²) in [6.45, 7) is -1.96. The molecule has 0 bridgehead atoms. The zero-order valence-corrected chi connectivity index (χ0v) is 24.3. The number of hydrogen-bond acceptors (Lipinski definition) is 5. The second-order valence-corrected chi connectivity index (χ2v) is 12.3. The van der Waals surface area contributed by atoms with Crippen molar-refractivity contribution in [2.24, 2.45) is 18.9 Å². The summed E-state index contributed by atoms with van der Waals surface area (Å²) >= 11 is 0. The molecule has 6 rings (SSSR count). The van der Waals surface area contributed by atoms with Crippen molar-refractivity contribution in [2.45, 2.75) is 49.9 Å². The summed E-state index contributed by atoms with van der Waals surface area (Å²) in [6.07, 6.45) is -13.9. The number of likely N-dealkylation sites (tertiary alicyclic amines) is 1. The number of carbonyl (C=O) groups is 1. The van der Waals surface area contributed by atoms with Crippen LogP contribution in [0.1, 0.15) is 44.9 Å². The van der Waals surface area contributed by atoms with E-state index >= 15 is 0 Å². The van der Waals surface area contributed by atoms with E-state index in [1.54, 1.807) is 36.1 Å². The van der Waals surface area contributed by atoms with Crippen LogP contribution in [0, 0.1) is 11.8 Å². The number of fused-ring (bicyclic) bond motifs is 1. The van der Waals surface area contributed by atoms with E-state index in [2.05, 4.69) is 10.2 Å². The number of aryl methyl sites for hydroxylation is 1. The monoisotopic (exact) mass is 661 g/mol. The predicted molar refractivity (Wildman–Crippen MR) is 145 cm³/mol. The van der Waals surface area contributed by atoms with Gasteiger partial charge in [0.2, 0.25) is 0 Å². The summed E-state index contributed by atoms with van der Waals surface area (Å²) in [5.74, 6) is -4.66. The average Bonchev–Trinajstić information content (AvgIpc) is 3.50. The third-order valence-corrected chi connectivity index (χ3v) is 9.09. The Morgan fingerprint density at radius 2 is 1.63 bits per heavy atom. The van der Waals surface area contributed by atoms with Crippen LogP contribution in [0.15, 0.2) is 42.7 Å². The number of nitrogens with zero attached hydrogens (tertiary/aromatic N) is 5. The van der Waals surface area contributed by atoms with Gasteiger partial charge in [-0.25, -0.2) is 0 Å². The van der Waals surface area contributed by atoms with Crippen molar-refractivity contribution in [3.8, 4) is 0 Å². The maximum absolute atomic E-state index is 14.3. The first-order valence-corrected chi connectivity index (χ1v) is 14.4. The number of carbonyl (C=O) groups excluding carboxylic acids is 1. The highest BCUT2D eigenvalue weighted by Crippen LogP contribution is 2.44. The van der Waals surface area contributed by atoms with E-state index in [4.69, 9.17) is 4.74 Å². The molecule has 3 aliphatic heterocycles. The molecular weight excluding hydrogens is 633 g/mol. The van der Waals surface area contributed by atoms with Gasteiger partial charge in [0.05, 0.1) is 37.2 Å². The topological polar surface area (TPSA) is 63.5 Å². The van der Waals surface area contributed by atoms with Crippen molar-refractivity contribution < 1.29 is 49.0 Å². The van der Waals surface area contributed by atoms with E-state index in [-0.39, 0.29) is 16.7 Å².